The van der Waals surface area contributed by atoms with E-state index in [1.165, 1.54) is 19.3 Å². The highest BCUT2D eigenvalue weighted by molar-refractivity contribution is 5.79. The lowest BCUT2D eigenvalue weighted by molar-refractivity contribution is -0.137. The van der Waals surface area contributed by atoms with E-state index in [1.807, 2.05) is 4.90 Å². The molecule has 0 radical (unpaired) electrons. The quantitative estimate of drug-likeness (QED) is 0.722. The molecule has 0 N–H and O–H groups in total. The third-order valence-electron chi connectivity index (χ3n) is 3.71. The summed E-state index contributed by atoms with van der Waals surface area (Å²) in [5, 5.41) is 0. The van der Waals surface area contributed by atoms with Crippen LogP contribution >= 0.6 is 0 Å². The molecule has 0 bridgehead atoms. The van der Waals surface area contributed by atoms with Crippen molar-refractivity contribution in [2.24, 2.45) is 10.8 Å². The molecule has 3 nitrogen and oxygen atoms in total. The molecule has 0 aromatic carbocycles. The van der Waals surface area contributed by atoms with E-state index in [0.29, 0.717) is 17.9 Å². The summed E-state index contributed by atoms with van der Waals surface area (Å²) in [6.07, 6.45) is 3.74. The van der Waals surface area contributed by atoms with E-state index in [1.54, 1.807) is 0 Å². The normalized spacial score (nSPS) is 18.7. The fourth-order valence-corrected chi connectivity index (χ4v) is 2.68. The van der Waals surface area contributed by atoms with Crippen molar-refractivity contribution in [2.75, 3.05) is 32.7 Å². The topological polar surface area (TPSA) is 23.6 Å². The zero-order valence-corrected chi connectivity index (χ0v) is 14.5. The number of amides is 1. The summed E-state index contributed by atoms with van der Waals surface area (Å²) in [7, 11) is 0. The van der Waals surface area contributed by atoms with Crippen LogP contribution in [0.1, 0.15) is 60.8 Å². The summed E-state index contributed by atoms with van der Waals surface area (Å²) < 4.78 is 0. The van der Waals surface area contributed by atoms with Crippen molar-refractivity contribution in [3.05, 3.63) is 0 Å². The molecule has 0 aromatic heterocycles. The molecule has 1 aliphatic heterocycles. The lowest BCUT2D eigenvalue weighted by Crippen LogP contribution is -2.52. The molecule has 0 unspecified atom stereocenters. The Morgan fingerprint density at radius 3 is 2.10 bits per heavy atom. The zero-order valence-electron chi connectivity index (χ0n) is 14.5. The number of nitrogens with zero attached hydrogens (tertiary/aromatic N) is 2. The van der Waals surface area contributed by atoms with E-state index >= 15 is 0 Å². The van der Waals surface area contributed by atoms with Crippen LogP contribution < -0.4 is 0 Å². The Balaban J connectivity index is 2.25. The van der Waals surface area contributed by atoms with Crippen LogP contribution in [0.3, 0.4) is 0 Å². The van der Waals surface area contributed by atoms with Gasteiger partial charge in [-0.15, -0.1) is 0 Å². The van der Waals surface area contributed by atoms with Crippen LogP contribution in [0.5, 0.6) is 0 Å². The molecule has 118 valence electrons. The van der Waals surface area contributed by atoms with E-state index in [9.17, 15) is 4.79 Å². The van der Waals surface area contributed by atoms with Gasteiger partial charge in [0.05, 0.1) is 6.54 Å². The Kier molecular flexibility index (Phi) is 6.06. The molecule has 1 aliphatic rings. The van der Waals surface area contributed by atoms with E-state index in [2.05, 4.69) is 46.4 Å². The van der Waals surface area contributed by atoms with Crippen LogP contribution in [-0.2, 0) is 4.79 Å². The SMILES string of the molecule is CC(C)(C)CCCCN1CCN(CC(C)(C)C)C(=O)C1. The lowest BCUT2D eigenvalue weighted by atomic mass is 9.90. The largest absolute Gasteiger partial charge is 0.340 e. The summed E-state index contributed by atoms with van der Waals surface area (Å²) in [6.45, 7) is 18.0. The molecule has 1 saturated heterocycles. The van der Waals surface area contributed by atoms with E-state index in [4.69, 9.17) is 0 Å². The smallest absolute Gasteiger partial charge is 0.236 e. The number of carbonyl (C=O) groups excluding carboxylic acids is 1. The summed E-state index contributed by atoms with van der Waals surface area (Å²) in [5.74, 6) is 0.307. The third kappa shape index (κ3) is 7.28. The van der Waals surface area contributed by atoms with Gasteiger partial charge >= 0.3 is 0 Å². The van der Waals surface area contributed by atoms with E-state index in [0.717, 1.165) is 26.2 Å². The fourth-order valence-electron chi connectivity index (χ4n) is 2.68. The molecule has 0 aromatic rings. The van der Waals surface area contributed by atoms with Gasteiger partial charge in [0.25, 0.3) is 0 Å². The molecule has 0 atom stereocenters. The van der Waals surface area contributed by atoms with Gasteiger partial charge in [0.1, 0.15) is 0 Å². The van der Waals surface area contributed by atoms with Crippen LogP contribution in [0.25, 0.3) is 0 Å². The number of rotatable bonds is 5. The second-order valence-electron chi connectivity index (χ2n) is 8.67. The van der Waals surface area contributed by atoms with Crippen molar-refractivity contribution in [3.8, 4) is 0 Å². The average molecular weight is 282 g/mol. The molecule has 1 amide bonds. The minimum atomic E-state index is 0.199. The number of unbranched alkanes of at least 4 members (excludes halogenated alkanes) is 1. The highest BCUT2D eigenvalue weighted by Crippen LogP contribution is 2.22. The summed E-state index contributed by atoms with van der Waals surface area (Å²) in [5.41, 5.74) is 0.631. The van der Waals surface area contributed by atoms with Crippen LogP contribution in [-0.4, -0.2) is 48.4 Å². The fraction of sp³-hybridized carbons (Fsp3) is 0.941. The maximum Gasteiger partial charge on any atom is 0.236 e. The number of hydrogen-bond acceptors (Lipinski definition) is 2. The second kappa shape index (κ2) is 6.93. The number of carbonyl (C=O) groups is 1. The lowest BCUT2D eigenvalue weighted by Gasteiger charge is -2.37. The summed E-state index contributed by atoms with van der Waals surface area (Å²) in [4.78, 5) is 16.5. The monoisotopic (exact) mass is 282 g/mol. The van der Waals surface area contributed by atoms with Gasteiger partial charge in [-0.05, 0) is 30.2 Å². The van der Waals surface area contributed by atoms with Gasteiger partial charge in [-0.3, -0.25) is 9.69 Å². The van der Waals surface area contributed by atoms with Crippen LogP contribution in [0.2, 0.25) is 0 Å². The highest BCUT2D eigenvalue weighted by Gasteiger charge is 2.26. The number of piperazine rings is 1. The minimum absolute atomic E-state index is 0.199. The molecular formula is C17H34N2O. The van der Waals surface area contributed by atoms with Gasteiger partial charge in [-0.2, -0.15) is 0 Å². The predicted molar refractivity (Wildman–Crippen MR) is 85.8 cm³/mol. The highest BCUT2D eigenvalue weighted by atomic mass is 16.2. The molecule has 3 heteroatoms. The Morgan fingerprint density at radius 1 is 0.950 bits per heavy atom. The van der Waals surface area contributed by atoms with E-state index in [-0.39, 0.29) is 5.41 Å². The molecular weight excluding hydrogens is 248 g/mol. The summed E-state index contributed by atoms with van der Waals surface area (Å²) >= 11 is 0. The average Bonchev–Trinajstić information content (AvgIpc) is 2.25. The maximum atomic E-state index is 12.2. The van der Waals surface area contributed by atoms with Gasteiger partial charge in [-0.1, -0.05) is 48.0 Å². The molecule has 1 rings (SSSR count). The molecule has 0 aliphatic carbocycles. The Morgan fingerprint density at radius 2 is 1.60 bits per heavy atom. The van der Waals surface area contributed by atoms with Gasteiger partial charge in [-0.25, -0.2) is 0 Å². The maximum absolute atomic E-state index is 12.2. The molecule has 20 heavy (non-hydrogen) atoms. The van der Waals surface area contributed by atoms with Crippen molar-refractivity contribution in [1.29, 1.82) is 0 Å². The van der Waals surface area contributed by atoms with Crippen molar-refractivity contribution in [1.82, 2.24) is 9.80 Å². The van der Waals surface area contributed by atoms with Gasteiger partial charge in [0, 0.05) is 19.6 Å². The Bertz CT molecular complexity index is 310. The first-order chi connectivity index (χ1) is 9.07. The predicted octanol–water partition coefficient (Wildman–Crippen LogP) is 3.39. The van der Waals surface area contributed by atoms with Gasteiger partial charge < -0.3 is 4.90 Å². The molecule has 1 heterocycles. The van der Waals surface area contributed by atoms with Crippen LogP contribution in [0.4, 0.5) is 0 Å². The first-order valence-electron chi connectivity index (χ1n) is 8.07. The second-order valence-corrected chi connectivity index (χ2v) is 8.67. The summed E-state index contributed by atoms with van der Waals surface area (Å²) in [6, 6.07) is 0. The van der Waals surface area contributed by atoms with Crippen molar-refractivity contribution in [2.45, 2.75) is 60.8 Å². The standard InChI is InChI=1S/C17H34N2O/c1-16(2,3)9-7-8-10-18-11-12-19(15(20)13-18)14-17(4,5)6/h7-14H2,1-6H3. The molecule has 1 fully saturated rings. The van der Waals surface area contributed by atoms with Crippen LogP contribution in [0.15, 0.2) is 0 Å². The minimum Gasteiger partial charge on any atom is -0.340 e. The zero-order chi connectivity index (χ0) is 15.4. The third-order valence-corrected chi connectivity index (χ3v) is 3.71. The Labute approximate surface area is 125 Å². The van der Waals surface area contributed by atoms with Crippen molar-refractivity contribution in [3.63, 3.8) is 0 Å². The van der Waals surface area contributed by atoms with Gasteiger partial charge in [0.15, 0.2) is 0 Å². The Hall–Kier alpha value is -0.570. The van der Waals surface area contributed by atoms with Crippen molar-refractivity contribution < 1.29 is 4.79 Å². The van der Waals surface area contributed by atoms with Crippen molar-refractivity contribution >= 4 is 5.91 Å². The first kappa shape index (κ1) is 17.5. The van der Waals surface area contributed by atoms with Crippen LogP contribution in [0, 0.1) is 10.8 Å². The number of hydrogen-bond donors (Lipinski definition) is 0. The first-order valence-corrected chi connectivity index (χ1v) is 8.07. The van der Waals surface area contributed by atoms with E-state index < -0.39 is 0 Å². The molecule has 0 saturated carbocycles. The molecule has 0 spiro atoms. The van der Waals surface area contributed by atoms with Gasteiger partial charge in [0.2, 0.25) is 5.91 Å².